The molecule has 1 aromatic rings. The molecular weight excluding hydrogens is 300 g/mol. The lowest BCUT2D eigenvalue weighted by Gasteiger charge is -2.24. The van der Waals surface area contributed by atoms with Crippen LogP contribution in [0.1, 0.15) is 31.4 Å². The van der Waals surface area contributed by atoms with Crippen LogP contribution in [0.5, 0.6) is 0 Å². The summed E-state index contributed by atoms with van der Waals surface area (Å²) < 4.78 is 0. The average molecular weight is 324 g/mol. The zero-order chi connectivity index (χ0) is 17.3. The lowest BCUT2D eigenvalue weighted by atomic mass is 9.84. The van der Waals surface area contributed by atoms with E-state index in [-0.39, 0.29) is 23.9 Å². The van der Waals surface area contributed by atoms with Crippen LogP contribution in [0.2, 0.25) is 0 Å². The molecule has 0 bridgehead atoms. The first-order chi connectivity index (χ1) is 11.3. The summed E-state index contributed by atoms with van der Waals surface area (Å²) in [5.41, 5.74) is 3.42. The quantitative estimate of drug-likeness (QED) is 0.793. The Labute approximate surface area is 143 Å². The van der Waals surface area contributed by atoms with E-state index in [2.05, 4.69) is 32.1 Å². The highest BCUT2D eigenvalue weighted by atomic mass is 16.2. The van der Waals surface area contributed by atoms with Gasteiger partial charge in [-0.15, -0.1) is 0 Å². The SMILES string of the molecule is Cc1ccc(CN2C(=O)CN(CC3=CCC(C)(C)C=C3)C2=O)cc1. The summed E-state index contributed by atoms with van der Waals surface area (Å²) in [6.07, 6.45) is 7.38. The molecule has 0 radical (unpaired) electrons. The van der Waals surface area contributed by atoms with Crippen LogP contribution in [0.3, 0.4) is 0 Å². The van der Waals surface area contributed by atoms with Crippen LogP contribution in [0.4, 0.5) is 4.79 Å². The minimum Gasteiger partial charge on any atom is -0.311 e. The van der Waals surface area contributed by atoms with E-state index in [1.165, 1.54) is 10.5 Å². The van der Waals surface area contributed by atoms with Crippen molar-refractivity contribution in [2.24, 2.45) is 5.41 Å². The molecule has 2 aliphatic rings. The third kappa shape index (κ3) is 3.58. The van der Waals surface area contributed by atoms with Gasteiger partial charge in [-0.25, -0.2) is 4.79 Å². The summed E-state index contributed by atoms with van der Waals surface area (Å²) in [7, 11) is 0. The maximum Gasteiger partial charge on any atom is 0.327 e. The molecule has 0 saturated carbocycles. The third-order valence-electron chi connectivity index (χ3n) is 4.60. The van der Waals surface area contributed by atoms with Crippen LogP contribution >= 0.6 is 0 Å². The van der Waals surface area contributed by atoms with Gasteiger partial charge in [0.05, 0.1) is 6.54 Å². The number of imide groups is 1. The largest absolute Gasteiger partial charge is 0.327 e. The second kappa shape index (κ2) is 6.27. The lowest BCUT2D eigenvalue weighted by molar-refractivity contribution is -0.125. The standard InChI is InChI=1S/C20H24N2O2/c1-15-4-6-16(7-5-15)13-22-18(23)14-21(19(22)24)12-17-8-10-20(2,3)11-9-17/h4-10H,11-14H2,1-3H3. The Morgan fingerprint density at radius 3 is 2.42 bits per heavy atom. The van der Waals surface area contributed by atoms with Gasteiger partial charge in [0.15, 0.2) is 0 Å². The molecular formula is C20H24N2O2. The van der Waals surface area contributed by atoms with E-state index in [9.17, 15) is 9.59 Å². The Morgan fingerprint density at radius 1 is 1.08 bits per heavy atom. The van der Waals surface area contributed by atoms with Crippen LogP contribution in [0.15, 0.2) is 48.1 Å². The van der Waals surface area contributed by atoms with Crippen molar-refractivity contribution in [2.45, 2.75) is 33.7 Å². The molecule has 3 rings (SSSR count). The van der Waals surface area contributed by atoms with Gasteiger partial charge in [-0.3, -0.25) is 9.69 Å². The Kier molecular flexibility index (Phi) is 4.31. The number of hydrogen-bond acceptors (Lipinski definition) is 2. The van der Waals surface area contributed by atoms with Crippen molar-refractivity contribution in [1.29, 1.82) is 0 Å². The van der Waals surface area contributed by atoms with Gasteiger partial charge in [0, 0.05) is 6.54 Å². The molecule has 1 aliphatic heterocycles. The molecule has 1 aliphatic carbocycles. The highest BCUT2D eigenvalue weighted by Gasteiger charge is 2.36. The van der Waals surface area contributed by atoms with Crippen molar-refractivity contribution in [3.8, 4) is 0 Å². The first-order valence-corrected chi connectivity index (χ1v) is 8.37. The van der Waals surface area contributed by atoms with Gasteiger partial charge in [-0.05, 0) is 29.9 Å². The molecule has 1 saturated heterocycles. The molecule has 0 unspecified atom stereocenters. The van der Waals surface area contributed by atoms with Crippen LogP contribution < -0.4 is 0 Å². The molecule has 3 amide bonds. The number of urea groups is 1. The van der Waals surface area contributed by atoms with E-state index >= 15 is 0 Å². The number of benzene rings is 1. The maximum absolute atomic E-state index is 12.6. The zero-order valence-corrected chi connectivity index (χ0v) is 14.6. The minimum atomic E-state index is -0.195. The number of amides is 3. The second-order valence-electron chi connectivity index (χ2n) is 7.41. The molecule has 1 heterocycles. The van der Waals surface area contributed by atoms with Crippen LogP contribution in [-0.2, 0) is 11.3 Å². The molecule has 4 nitrogen and oxygen atoms in total. The predicted octanol–water partition coefficient (Wildman–Crippen LogP) is 3.67. The first kappa shape index (κ1) is 16.5. The number of nitrogens with zero attached hydrogens (tertiary/aromatic N) is 2. The van der Waals surface area contributed by atoms with E-state index in [0.29, 0.717) is 13.1 Å². The smallest absolute Gasteiger partial charge is 0.311 e. The van der Waals surface area contributed by atoms with Gasteiger partial charge in [0.2, 0.25) is 0 Å². The van der Waals surface area contributed by atoms with Crippen LogP contribution in [0, 0.1) is 12.3 Å². The Balaban J connectivity index is 1.65. The van der Waals surface area contributed by atoms with Crippen molar-refractivity contribution in [3.05, 3.63) is 59.2 Å². The summed E-state index contributed by atoms with van der Waals surface area (Å²) >= 11 is 0. The second-order valence-corrected chi connectivity index (χ2v) is 7.41. The topological polar surface area (TPSA) is 40.6 Å². The number of carbonyl (C=O) groups is 2. The highest BCUT2D eigenvalue weighted by molar-refractivity contribution is 6.02. The van der Waals surface area contributed by atoms with E-state index in [0.717, 1.165) is 17.6 Å². The number of carbonyl (C=O) groups excluding carboxylic acids is 2. The monoisotopic (exact) mass is 324 g/mol. The summed E-state index contributed by atoms with van der Waals surface area (Å²) in [5.74, 6) is -0.124. The Bertz CT molecular complexity index is 714. The number of allylic oxidation sites excluding steroid dienone is 2. The van der Waals surface area contributed by atoms with Gasteiger partial charge >= 0.3 is 6.03 Å². The molecule has 0 spiro atoms. The highest BCUT2D eigenvalue weighted by Crippen LogP contribution is 2.29. The summed E-state index contributed by atoms with van der Waals surface area (Å²) in [4.78, 5) is 27.8. The molecule has 1 fully saturated rings. The molecule has 1 aromatic carbocycles. The normalized spacial score (nSPS) is 19.9. The fourth-order valence-corrected chi connectivity index (χ4v) is 2.95. The van der Waals surface area contributed by atoms with E-state index in [1.54, 1.807) is 4.90 Å². The fraction of sp³-hybridized carbons (Fsp3) is 0.400. The summed E-state index contributed by atoms with van der Waals surface area (Å²) in [6, 6.07) is 7.73. The van der Waals surface area contributed by atoms with E-state index in [4.69, 9.17) is 0 Å². The predicted molar refractivity (Wildman–Crippen MR) is 94.3 cm³/mol. The first-order valence-electron chi connectivity index (χ1n) is 8.37. The molecule has 0 atom stereocenters. The zero-order valence-electron chi connectivity index (χ0n) is 14.6. The molecule has 4 heteroatoms. The van der Waals surface area contributed by atoms with Crippen LogP contribution in [-0.4, -0.2) is 34.8 Å². The third-order valence-corrected chi connectivity index (χ3v) is 4.60. The van der Waals surface area contributed by atoms with Crippen molar-refractivity contribution in [3.63, 3.8) is 0 Å². The maximum atomic E-state index is 12.6. The van der Waals surface area contributed by atoms with Crippen molar-refractivity contribution < 1.29 is 9.59 Å². The number of aryl methyl sites for hydroxylation is 1. The van der Waals surface area contributed by atoms with E-state index in [1.807, 2.05) is 31.2 Å². The molecule has 0 N–H and O–H groups in total. The molecule has 126 valence electrons. The lowest BCUT2D eigenvalue weighted by Crippen LogP contribution is -2.33. The fourth-order valence-electron chi connectivity index (χ4n) is 2.95. The van der Waals surface area contributed by atoms with Gasteiger partial charge in [-0.2, -0.15) is 0 Å². The summed E-state index contributed by atoms with van der Waals surface area (Å²) in [6.45, 7) is 7.40. The average Bonchev–Trinajstić information content (AvgIpc) is 2.79. The minimum absolute atomic E-state index is 0.124. The van der Waals surface area contributed by atoms with Crippen molar-refractivity contribution in [1.82, 2.24) is 9.80 Å². The Hall–Kier alpha value is -2.36. The van der Waals surface area contributed by atoms with Crippen molar-refractivity contribution >= 4 is 11.9 Å². The molecule has 0 aromatic heterocycles. The van der Waals surface area contributed by atoms with Gasteiger partial charge in [0.1, 0.15) is 6.54 Å². The van der Waals surface area contributed by atoms with Crippen LogP contribution in [0.25, 0.3) is 0 Å². The van der Waals surface area contributed by atoms with E-state index < -0.39 is 0 Å². The van der Waals surface area contributed by atoms with Gasteiger partial charge in [0.25, 0.3) is 5.91 Å². The van der Waals surface area contributed by atoms with Crippen molar-refractivity contribution in [2.75, 3.05) is 13.1 Å². The number of rotatable bonds is 4. The summed E-state index contributed by atoms with van der Waals surface area (Å²) in [5, 5.41) is 0. The van der Waals surface area contributed by atoms with Gasteiger partial charge in [-0.1, -0.05) is 61.9 Å². The Morgan fingerprint density at radius 2 is 1.79 bits per heavy atom. The molecule has 24 heavy (non-hydrogen) atoms. The van der Waals surface area contributed by atoms with Gasteiger partial charge < -0.3 is 4.90 Å². The number of hydrogen-bond donors (Lipinski definition) is 0.